The maximum Gasteiger partial charge on any atom is 0.351 e. The van der Waals surface area contributed by atoms with E-state index in [1.54, 1.807) is 31.2 Å². The summed E-state index contributed by atoms with van der Waals surface area (Å²) in [6.45, 7) is -2.92. The molecular formula is C28H33N6O10PS. The van der Waals surface area contributed by atoms with Crippen molar-refractivity contribution in [2.75, 3.05) is 18.9 Å². The first-order chi connectivity index (χ1) is 22.0. The molecule has 2 saturated heterocycles. The molecule has 5 rings (SSSR count). The number of H-pyrrole nitrogens is 1. The van der Waals surface area contributed by atoms with Crippen molar-refractivity contribution in [2.24, 2.45) is 0 Å². The third-order valence-electron chi connectivity index (χ3n) is 7.54. The summed E-state index contributed by atoms with van der Waals surface area (Å²) >= 11 is 5.79. The number of nitriles is 1. The number of aliphatic hydroxyl groups is 2. The van der Waals surface area contributed by atoms with Crippen LogP contribution in [0.25, 0.3) is 0 Å². The van der Waals surface area contributed by atoms with Gasteiger partial charge in [-0.05, 0) is 35.9 Å². The van der Waals surface area contributed by atoms with Gasteiger partial charge in [-0.15, -0.1) is 0 Å². The fourth-order valence-electron chi connectivity index (χ4n) is 5.05. The van der Waals surface area contributed by atoms with Crippen molar-refractivity contribution in [3.8, 4) is 6.07 Å². The lowest BCUT2D eigenvalue weighted by Crippen LogP contribution is -2.33. The Labute approximate surface area is 267 Å². The fraction of sp³-hybridized carbons (Fsp3) is 0.464. The van der Waals surface area contributed by atoms with Crippen LogP contribution in [-0.2, 0) is 47.9 Å². The molecule has 0 radical (unpaired) electrons. The minimum atomic E-state index is -3.68. The monoisotopic (exact) mass is 676 g/mol. The highest BCUT2D eigenvalue weighted by molar-refractivity contribution is 8.07. The standard InChI is InChI=1S/C28H33N6O10PS/c1-16-12-34(28(39)32-26(16)37)24-10-19(36)22(43-24)15-41-45(46,40-14-18-4-2-17(3-5-18)6-8-29)44-20-11-25(42-21(20)13-35)33-9-7-23(30)31-27(33)38/h2-5,7,9,12,19-22,24-25,35-36H,6,10-11,13-15H2,1H3,(H2,30,31,38)(H,32,37,39)/t19-,20-,21+,22+,24+,25+,45?/m0/s1. The van der Waals surface area contributed by atoms with Crippen molar-refractivity contribution in [1.82, 2.24) is 19.1 Å². The lowest BCUT2D eigenvalue weighted by atomic mass is 10.1. The van der Waals surface area contributed by atoms with E-state index >= 15 is 0 Å². The van der Waals surface area contributed by atoms with Gasteiger partial charge in [-0.3, -0.25) is 18.9 Å². The predicted molar refractivity (Wildman–Crippen MR) is 165 cm³/mol. The fourth-order valence-corrected chi connectivity index (χ4v) is 7.11. The average Bonchev–Trinajstić information content (AvgIpc) is 3.60. The molecule has 2 fully saturated rings. The Morgan fingerprint density at radius 3 is 2.50 bits per heavy atom. The highest BCUT2D eigenvalue weighted by Gasteiger charge is 2.43. The Balaban J connectivity index is 1.33. The van der Waals surface area contributed by atoms with Crippen molar-refractivity contribution >= 4 is 24.3 Å². The Morgan fingerprint density at radius 1 is 1.11 bits per heavy atom. The third kappa shape index (κ3) is 7.86. The summed E-state index contributed by atoms with van der Waals surface area (Å²) in [5, 5.41) is 29.8. The molecule has 0 spiro atoms. The Morgan fingerprint density at radius 2 is 1.80 bits per heavy atom. The van der Waals surface area contributed by atoms with Gasteiger partial charge in [0.15, 0.2) is 0 Å². The molecule has 3 aromatic rings. The van der Waals surface area contributed by atoms with Crippen LogP contribution in [0.3, 0.4) is 0 Å². The van der Waals surface area contributed by atoms with E-state index in [1.807, 2.05) is 0 Å². The molecule has 46 heavy (non-hydrogen) atoms. The van der Waals surface area contributed by atoms with Gasteiger partial charge < -0.3 is 39.0 Å². The molecular weight excluding hydrogens is 643 g/mol. The summed E-state index contributed by atoms with van der Waals surface area (Å²) in [4.78, 5) is 42.6. The van der Waals surface area contributed by atoms with E-state index in [0.29, 0.717) is 11.1 Å². The molecule has 0 bridgehead atoms. The molecule has 246 valence electrons. The van der Waals surface area contributed by atoms with Crippen molar-refractivity contribution in [3.05, 3.63) is 90.7 Å². The number of aryl methyl sites for hydroxylation is 1. The SMILES string of the molecule is Cc1cn([C@H]2C[C@H](O)[C@@H](COP(=S)(OCc3ccc(CC#N)cc3)O[C@H]3C[C@H](n4ccc(N)nc4=O)O[C@@H]3CO)O2)c(=O)[nH]c1=O. The molecule has 16 nitrogen and oxygen atoms in total. The molecule has 1 aromatic carbocycles. The third-order valence-corrected chi connectivity index (χ3v) is 9.87. The summed E-state index contributed by atoms with van der Waals surface area (Å²) in [6, 6.07) is 10.6. The summed E-state index contributed by atoms with van der Waals surface area (Å²) in [5.41, 5.74) is 5.58. The van der Waals surface area contributed by atoms with E-state index < -0.39 is 67.1 Å². The quantitative estimate of drug-likeness (QED) is 0.192. The van der Waals surface area contributed by atoms with E-state index in [1.165, 1.54) is 27.6 Å². The number of hydrogen-bond donors (Lipinski definition) is 4. The van der Waals surface area contributed by atoms with E-state index in [9.17, 15) is 24.6 Å². The molecule has 2 aromatic heterocycles. The van der Waals surface area contributed by atoms with Gasteiger partial charge in [0.05, 0.1) is 44.5 Å². The molecule has 2 aliphatic rings. The number of aliphatic hydroxyl groups excluding tert-OH is 2. The summed E-state index contributed by atoms with van der Waals surface area (Å²) in [5.74, 6) is 0.0443. The number of aromatic amines is 1. The smallest absolute Gasteiger partial charge is 0.351 e. The first-order valence-corrected chi connectivity index (χ1v) is 16.8. The van der Waals surface area contributed by atoms with Crippen molar-refractivity contribution in [3.63, 3.8) is 0 Å². The zero-order valence-electron chi connectivity index (χ0n) is 24.6. The number of nitrogen functional groups attached to an aromatic ring is 1. The van der Waals surface area contributed by atoms with Crippen LogP contribution >= 0.6 is 6.72 Å². The van der Waals surface area contributed by atoms with Gasteiger partial charge in [0.25, 0.3) is 5.56 Å². The minimum Gasteiger partial charge on any atom is -0.394 e. The second-order valence-electron chi connectivity index (χ2n) is 10.8. The molecule has 7 atom stereocenters. The van der Waals surface area contributed by atoms with Crippen molar-refractivity contribution < 1.29 is 33.3 Å². The number of benzene rings is 1. The second kappa shape index (κ2) is 14.5. The Bertz CT molecular complexity index is 1810. The maximum atomic E-state index is 12.4. The van der Waals surface area contributed by atoms with E-state index in [-0.39, 0.29) is 38.3 Å². The van der Waals surface area contributed by atoms with Crippen LogP contribution in [0.5, 0.6) is 0 Å². The number of aromatic nitrogens is 4. The predicted octanol–water partition coefficient (Wildman–Crippen LogP) is 0.522. The molecule has 1 unspecified atom stereocenters. The van der Waals surface area contributed by atoms with E-state index in [2.05, 4.69) is 16.0 Å². The van der Waals surface area contributed by atoms with Gasteiger partial charge in [0, 0.05) is 30.8 Å². The maximum absolute atomic E-state index is 12.4. The molecule has 2 aliphatic heterocycles. The molecule has 0 aliphatic carbocycles. The largest absolute Gasteiger partial charge is 0.394 e. The molecule has 0 amide bonds. The molecule has 4 heterocycles. The molecule has 18 heteroatoms. The Hall–Kier alpha value is -3.56. The highest BCUT2D eigenvalue weighted by Crippen LogP contribution is 2.54. The zero-order chi connectivity index (χ0) is 33.0. The van der Waals surface area contributed by atoms with Crippen LogP contribution in [0, 0.1) is 18.3 Å². The van der Waals surface area contributed by atoms with E-state index in [0.717, 1.165) is 5.56 Å². The Kier molecular flexibility index (Phi) is 10.6. The van der Waals surface area contributed by atoms with Crippen LogP contribution in [0.2, 0.25) is 0 Å². The van der Waals surface area contributed by atoms with Crippen molar-refractivity contribution in [2.45, 2.75) is 69.7 Å². The van der Waals surface area contributed by atoms with Gasteiger partial charge in [-0.25, -0.2) is 9.59 Å². The number of hydrogen-bond acceptors (Lipinski definition) is 14. The highest BCUT2D eigenvalue weighted by atomic mass is 32.5. The van der Waals surface area contributed by atoms with Gasteiger partial charge >= 0.3 is 18.1 Å². The number of anilines is 1. The van der Waals surface area contributed by atoms with Gasteiger partial charge in [0.1, 0.15) is 30.5 Å². The number of nitrogens with two attached hydrogens (primary N) is 1. The van der Waals surface area contributed by atoms with Crippen LogP contribution in [0.15, 0.2) is 57.1 Å². The summed E-state index contributed by atoms with van der Waals surface area (Å²) in [7, 11) is 0. The summed E-state index contributed by atoms with van der Waals surface area (Å²) < 4.78 is 32.5. The molecule has 5 N–H and O–H groups in total. The van der Waals surface area contributed by atoms with Gasteiger partial charge in [0.2, 0.25) is 0 Å². The van der Waals surface area contributed by atoms with Crippen LogP contribution < -0.4 is 22.7 Å². The topological polar surface area (TPSA) is 226 Å². The van der Waals surface area contributed by atoms with E-state index in [4.69, 9.17) is 45.8 Å². The van der Waals surface area contributed by atoms with Crippen LogP contribution in [0.4, 0.5) is 5.82 Å². The first kappa shape index (κ1) is 33.8. The minimum absolute atomic E-state index is 0.0327. The average molecular weight is 677 g/mol. The normalized spacial score (nSPS) is 25.7. The first-order valence-electron chi connectivity index (χ1n) is 14.3. The van der Waals surface area contributed by atoms with Gasteiger partial charge in [-0.2, -0.15) is 10.2 Å². The number of rotatable bonds is 12. The number of ether oxygens (including phenoxy) is 2. The van der Waals surface area contributed by atoms with Crippen LogP contribution in [-0.4, -0.2) is 66.9 Å². The molecule has 0 saturated carbocycles. The number of nitrogens with zero attached hydrogens (tertiary/aromatic N) is 4. The lowest BCUT2D eigenvalue weighted by Gasteiger charge is -2.28. The van der Waals surface area contributed by atoms with Crippen LogP contribution in [0.1, 0.15) is 42.0 Å². The lowest BCUT2D eigenvalue weighted by molar-refractivity contribution is -0.0551. The second-order valence-corrected chi connectivity index (χ2v) is 13.8. The number of nitrogens with one attached hydrogen (secondary N) is 1. The summed E-state index contributed by atoms with van der Waals surface area (Å²) in [6.07, 6.45) is -2.35. The zero-order valence-corrected chi connectivity index (χ0v) is 26.3. The van der Waals surface area contributed by atoms with Crippen molar-refractivity contribution in [1.29, 1.82) is 5.26 Å². The van der Waals surface area contributed by atoms with Gasteiger partial charge in [-0.1, -0.05) is 24.3 Å².